The van der Waals surface area contributed by atoms with Gasteiger partial charge in [0.15, 0.2) is 11.5 Å². The monoisotopic (exact) mass is 470 g/mol. The van der Waals surface area contributed by atoms with E-state index in [1.54, 1.807) is 13.8 Å². The number of ether oxygens (including phenoxy) is 1. The quantitative estimate of drug-likeness (QED) is 0.672. The van der Waals surface area contributed by atoms with Gasteiger partial charge in [0.05, 0.1) is 12.5 Å². The van der Waals surface area contributed by atoms with Gasteiger partial charge in [0, 0.05) is 30.3 Å². The molecular formula is C17H23Cl2F3N6O2. The second-order valence-corrected chi connectivity index (χ2v) is 7.76. The summed E-state index contributed by atoms with van der Waals surface area (Å²) in [6.45, 7) is 4.25. The van der Waals surface area contributed by atoms with Crippen molar-refractivity contribution in [3.63, 3.8) is 0 Å². The van der Waals surface area contributed by atoms with Crippen molar-refractivity contribution < 1.29 is 22.7 Å². The predicted octanol–water partition coefficient (Wildman–Crippen LogP) is 2.32. The maximum absolute atomic E-state index is 13.3. The van der Waals surface area contributed by atoms with Crippen LogP contribution in [0.3, 0.4) is 0 Å². The van der Waals surface area contributed by atoms with E-state index >= 15 is 0 Å². The molecule has 2 aromatic heterocycles. The number of esters is 1. The summed E-state index contributed by atoms with van der Waals surface area (Å²) in [5.74, 6) is -1.14. The van der Waals surface area contributed by atoms with E-state index in [0.29, 0.717) is 42.9 Å². The number of methoxy groups -OCH3 is 1. The summed E-state index contributed by atoms with van der Waals surface area (Å²) in [7, 11) is 1.34. The van der Waals surface area contributed by atoms with Crippen LogP contribution in [0.25, 0.3) is 5.65 Å². The molecule has 0 aromatic carbocycles. The van der Waals surface area contributed by atoms with Gasteiger partial charge in [-0.3, -0.25) is 4.79 Å². The van der Waals surface area contributed by atoms with Crippen LogP contribution in [0.4, 0.5) is 19.0 Å². The molecule has 2 fully saturated rings. The van der Waals surface area contributed by atoms with Crippen LogP contribution in [0.15, 0.2) is 0 Å². The average molecular weight is 471 g/mol. The largest absolute Gasteiger partial charge is 0.469 e. The Balaban J connectivity index is 0.00000160. The normalized spacial score (nSPS) is 25.6. The molecule has 168 valence electrons. The van der Waals surface area contributed by atoms with E-state index in [-0.39, 0.29) is 48.4 Å². The second kappa shape index (κ2) is 8.01. The Kier molecular flexibility index (Phi) is 6.52. The number of nitrogens with zero attached hydrogens (tertiary/aromatic N) is 5. The Morgan fingerprint density at radius 2 is 1.90 bits per heavy atom. The molecule has 0 amide bonds. The number of rotatable bonds is 2. The smallest absolute Gasteiger partial charge is 0.453 e. The fraction of sp³-hybridized carbons (Fsp3) is 0.647. The lowest BCUT2D eigenvalue weighted by molar-refractivity contribution is -0.153. The highest BCUT2D eigenvalue weighted by Gasteiger charge is 2.58. The number of hydrogen-bond donors (Lipinski definition) is 1. The minimum atomic E-state index is -4.67. The summed E-state index contributed by atoms with van der Waals surface area (Å²) in [6, 6.07) is -0.0980. The zero-order valence-corrected chi connectivity index (χ0v) is 18.2. The first-order valence-corrected chi connectivity index (χ1v) is 8.97. The van der Waals surface area contributed by atoms with Gasteiger partial charge in [-0.25, -0.2) is 0 Å². The third kappa shape index (κ3) is 3.46. The van der Waals surface area contributed by atoms with E-state index in [0.717, 1.165) is 4.52 Å². The molecule has 3 atom stereocenters. The number of carbonyl (C=O) groups excluding carboxylic acids is 1. The van der Waals surface area contributed by atoms with Gasteiger partial charge in [0.25, 0.3) is 5.82 Å². The molecule has 1 saturated carbocycles. The summed E-state index contributed by atoms with van der Waals surface area (Å²) in [6.07, 6.45) is -3.53. The van der Waals surface area contributed by atoms with Gasteiger partial charge in [-0.05, 0) is 32.6 Å². The van der Waals surface area contributed by atoms with E-state index in [2.05, 4.69) is 15.3 Å². The molecule has 1 saturated heterocycles. The fourth-order valence-corrected chi connectivity index (χ4v) is 4.69. The first-order chi connectivity index (χ1) is 13.1. The maximum atomic E-state index is 13.3. The SMILES string of the molecule is COC(=O)[C@]12C[C@H](N)C[C@H]1CN(c1nn3c(C(F)(F)F)nnc3c(C)c1C)C2.Cl.Cl. The number of aryl methyl sites for hydroxylation is 1. The van der Waals surface area contributed by atoms with Crippen molar-refractivity contribution in [2.45, 2.75) is 38.9 Å². The summed E-state index contributed by atoms with van der Waals surface area (Å²) in [5.41, 5.74) is 6.66. The van der Waals surface area contributed by atoms with Gasteiger partial charge in [0.2, 0.25) is 0 Å². The van der Waals surface area contributed by atoms with E-state index in [1.165, 1.54) is 7.11 Å². The third-order valence-corrected chi connectivity index (χ3v) is 6.12. The molecule has 0 spiro atoms. The van der Waals surface area contributed by atoms with Gasteiger partial charge >= 0.3 is 12.1 Å². The molecule has 2 aliphatic rings. The summed E-state index contributed by atoms with van der Waals surface area (Å²) in [5, 5.41) is 11.2. The van der Waals surface area contributed by atoms with Crippen LogP contribution in [-0.4, -0.2) is 52.0 Å². The van der Waals surface area contributed by atoms with Crippen LogP contribution >= 0.6 is 24.8 Å². The number of aromatic nitrogens is 4. The first kappa shape index (κ1) is 24.4. The number of fused-ring (bicyclic) bond motifs is 2. The number of hydrogen-bond acceptors (Lipinski definition) is 7. The summed E-state index contributed by atoms with van der Waals surface area (Å²) < 4.78 is 45.6. The molecule has 3 heterocycles. The van der Waals surface area contributed by atoms with Crippen molar-refractivity contribution in [3.05, 3.63) is 17.0 Å². The van der Waals surface area contributed by atoms with Crippen LogP contribution in [0.2, 0.25) is 0 Å². The Morgan fingerprint density at radius 1 is 1.23 bits per heavy atom. The van der Waals surface area contributed by atoms with Crippen molar-refractivity contribution in [2.24, 2.45) is 17.1 Å². The van der Waals surface area contributed by atoms with Gasteiger partial charge in [-0.1, -0.05) is 0 Å². The molecule has 0 bridgehead atoms. The highest BCUT2D eigenvalue weighted by Crippen LogP contribution is 2.50. The molecule has 0 radical (unpaired) electrons. The molecule has 8 nitrogen and oxygen atoms in total. The molecule has 0 unspecified atom stereocenters. The van der Waals surface area contributed by atoms with Crippen LogP contribution < -0.4 is 10.6 Å². The Labute approximate surface area is 183 Å². The lowest BCUT2D eigenvalue weighted by Gasteiger charge is -2.27. The standard InChI is InChI=1S/C17H21F3N6O2.2ClH/c1-8-9(2)13(24-26-12(8)22-23-14(26)17(18,19)20)25-6-10-4-11(21)5-16(10,7-25)15(27)28-3;;/h10-11H,4-7,21H2,1-3H3;2*1H/t10-,11+,16-;;/m0../s1. The van der Waals surface area contributed by atoms with E-state index in [4.69, 9.17) is 10.5 Å². The zero-order chi connectivity index (χ0) is 20.4. The van der Waals surface area contributed by atoms with Crippen molar-refractivity contribution >= 4 is 42.2 Å². The number of nitrogens with two attached hydrogens (primary N) is 1. The fourth-order valence-electron chi connectivity index (χ4n) is 4.69. The second-order valence-electron chi connectivity index (χ2n) is 7.76. The van der Waals surface area contributed by atoms with Gasteiger partial charge in [0.1, 0.15) is 0 Å². The molecule has 1 aliphatic carbocycles. The third-order valence-electron chi connectivity index (χ3n) is 6.12. The molecular weight excluding hydrogens is 448 g/mol. The number of halogens is 5. The topological polar surface area (TPSA) is 98.6 Å². The molecule has 1 aliphatic heterocycles. The lowest BCUT2D eigenvalue weighted by atomic mass is 9.81. The van der Waals surface area contributed by atoms with Gasteiger partial charge in [-0.15, -0.1) is 40.1 Å². The maximum Gasteiger partial charge on any atom is 0.453 e. The summed E-state index contributed by atoms with van der Waals surface area (Å²) >= 11 is 0. The van der Waals surface area contributed by atoms with Crippen molar-refractivity contribution in [3.8, 4) is 0 Å². The number of anilines is 1. The van der Waals surface area contributed by atoms with Crippen molar-refractivity contribution in [1.82, 2.24) is 19.8 Å². The highest BCUT2D eigenvalue weighted by molar-refractivity contribution is 5.85. The van der Waals surface area contributed by atoms with Crippen LogP contribution in [0.5, 0.6) is 0 Å². The van der Waals surface area contributed by atoms with Gasteiger partial charge < -0.3 is 15.4 Å². The molecule has 13 heteroatoms. The van der Waals surface area contributed by atoms with E-state index < -0.39 is 17.4 Å². The Hall–Kier alpha value is -1.85. The van der Waals surface area contributed by atoms with E-state index in [9.17, 15) is 18.0 Å². The minimum absolute atomic E-state index is 0. The zero-order valence-electron chi connectivity index (χ0n) is 16.6. The van der Waals surface area contributed by atoms with Crippen molar-refractivity contribution in [2.75, 3.05) is 25.1 Å². The molecule has 4 rings (SSSR count). The van der Waals surface area contributed by atoms with Crippen LogP contribution in [0.1, 0.15) is 29.8 Å². The van der Waals surface area contributed by atoms with Gasteiger partial charge in [-0.2, -0.15) is 17.7 Å². The molecule has 30 heavy (non-hydrogen) atoms. The predicted molar refractivity (Wildman–Crippen MR) is 107 cm³/mol. The molecule has 2 N–H and O–H groups in total. The van der Waals surface area contributed by atoms with Crippen LogP contribution in [0, 0.1) is 25.2 Å². The first-order valence-electron chi connectivity index (χ1n) is 8.97. The lowest BCUT2D eigenvalue weighted by Crippen LogP contribution is -2.38. The summed E-state index contributed by atoms with van der Waals surface area (Å²) in [4.78, 5) is 14.4. The van der Waals surface area contributed by atoms with Crippen LogP contribution in [-0.2, 0) is 15.7 Å². The average Bonchev–Trinajstić information content (AvgIpc) is 3.26. The van der Waals surface area contributed by atoms with Crippen molar-refractivity contribution in [1.29, 1.82) is 0 Å². The Morgan fingerprint density at radius 3 is 2.50 bits per heavy atom. The number of carbonyl (C=O) groups is 1. The molecule has 2 aromatic rings. The van der Waals surface area contributed by atoms with E-state index in [1.807, 2.05) is 4.90 Å². The Bertz CT molecular complexity index is 969. The minimum Gasteiger partial charge on any atom is -0.469 e. The number of alkyl halides is 3. The highest BCUT2D eigenvalue weighted by atomic mass is 35.5.